The van der Waals surface area contributed by atoms with Crippen molar-refractivity contribution in [1.29, 1.82) is 0 Å². The van der Waals surface area contributed by atoms with E-state index in [0.717, 1.165) is 0 Å². The lowest BCUT2D eigenvalue weighted by Gasteiger charge is -2.45. The molecule has 0 aromatic heterocycles. The molecule has 2 saturated heterocycles. The molecule has 9 heteroatoms. The number of benzene rings is 1. The predicted molar refractivity (Wildman–Crippen MR) is 79.1 cm³/mol. The summed E-state index contributed by atoms with van der Waals surface area (Å²) in [5.41, 5.74) is -0.539. The van der Waals surface area contributed by atoms with E-state index in [1.54, 1.807) is 12.1 Å². The van der Waals surface area contributed by atoms with Gasteiger partial charge in [-0.1, -0.05) is 12.1 Å². The zero-order valence-electron chi connectivity index (χ0n) is 12.6. The highest BCUT2D eigenvalue weighted by Crippen LogP contribution is 2.39. The van der Waals surface area contributed by atoms with Gasteiger partial charge in [0.05, 0.1) is 4.92 Å². The molecule has 1 unspecified atom stereocenters. The van der Waals surface area contributed by atoms with Gasteiger partial charge in [0.25, 0.3) is 5.69 Å². The fraction of sp³-hybridized carbons (Fsp3) is 0.467. The summed E-state index contributed by atoms with van der Waals surface area (Å²) in [7, 11) is 0. The summed E-state index contributed by atoms with van der Waals surface area (Å²) in [5.74, 6) is -0.903. The standard InChI is InChI=1S/C15H16N2O7/c18-6-5-11-12(13(19)16-11)15(8-23-14(20)24-15)7-9-1-3-10(4-2-9)17(21)22/h1-4,11-12,18H,5-8H2,(H,16,19)/t11-,12-,15?/m1/s1. The number of nitro groups is 1. The number of β-lactam (4-membered cyclic amide) rings is 1. The Labute approximate surface area is 136 Å². The molecule has 1 amide bonds. The van der Waals surface area contributed by atoms with Crippen LogP contribution in [-0.4, -0.2) is 46.9 Å². The van der Waals surface area contributed by atoms with Crippen molar-refractivity contribution in [3.05, 3.63) is 39.9 Å². The van der Waals surface area contributed by atoms with E-state index < -0.39 is 22.6 Å². The van der Waals surface area contributed by atoms with E-state index >= 15 is 0 Å². The largest absolute Gasteiger partial charge is 0.509 e. The predicted octanol–water partition coefficient (Wildman–Crippen LogP) is 0.540. The van der Waals surface area contributed by atoms with Gasteiger partial charge in [-0.25, -0.2) is 4.79 Å². The molecule has 2 aliphatic rings. The van der Waals surface area contributed by atoms with Gasteiger partial charge in [0.15, 0.2) is 5.60 Å². The number of cyclic esters (lactones) is 2. The number of aliphatic hydroxyl groups excluding tert-OH is 1. The van der Waals surface area contributed by atoms with Crippen molar-refractivity contribution in [1.82, 2.24) is 5.32 Å². The number of hydrogen-bond donors (Lipinski definition) is 2. The van der Waals surface area contributed by atoms with Gasteiger partial charge >= 0.3 is 6.16 Å². The van der Waals surface area contributed by atoms with Crippen LogP contribution in [0.3, 0.4) is 0 Å². The molecule has 1 aromatic carbocycles. The van der Waals surface area contributed by atoms with Gasteiger partial charge in [-0.15, -0.1) is 0 Å². The van der Waals surface area contributed by atoms with Crippen molar-refractivity contribution in [2.24, 2.45) is 5.92 Å². The summed E-state index contributed by atoms with van der Waals surface area (Å²) in [4.78, 5) is 33.7. The van der Waals surface area contributed by atoms with Gasteiger partial charge < -0.3 is 19.9 Å². The Kier molecular flexibility index (Phi) is 4.10. The van der Waals surface area contributed by atoms with Crippen LogP contribution < -0.4 is 5.32 Å². The number of carbonyl (C=O) groups is 2. The first-order valence-corrected chi connectivity index (χ1v) is 7.45. The summed E-state index contributed by atoms with van der Waals surface area (Å²) in [5, 5.41) is 22.5. The fourth-order valence-electron chi connectivity index (χ4n) is 3.26. The van der Waals surface area contributed by atoms with Gasteiger partial charge in [-0.3, -0.25) is 14.9 Å². The van der Waals surface area contributed by atoms with E-state index in [2.05, 4.69) is 5.32 Å². The monoisotopic (exact) mass is 336 g/mol. The number of carbonyl (C=O) groups excluding carboxylic acids is 2. The third kappa shape index (κ3) is 2.78. The highest BCUT2D eigenvalue weighted by Gasteiger charge is 2.59. The Hall–Kier alpha value is -2.68. The number of aliphatic hydroxyl groups is 1. The zero-order chi connectivity index (χ0) is 17.3. The molecule has 128 valence electrons. The first kappa shape index (κ1) is 16.2. The van der Waals surface area contributed by atoms with E-state index in [1.807, 2.05) is 0 Å². The SMILES string of the molecule is O=C1OCC(Cc2ccc([N+](=O)[O-])cc2)([C@H]2C(=O)N[C@@H]2CCO)O1. The normalized spacial score (nSPS) is 28.5. The van der Waals surface area contributed by atoms with E-state index in [1.165, 1.54) is 12.1 Å². The molecule has 24 heavy (non-hydrogen) atoms. The smallest absolute Gasteiger partial charge is 0.430 e. The molecule has 2 fully saturated rings. The average molecular weight is 336 g/mol. The molecule has 3 atom stereocenters. The number of nitrogens with zero attached hydrogens (tertiary/aromatic N) is 1. The van der Waals surface area contributed by atoms with Crippen LogP contribution in [0.5, 0.6) is 0 Å². The molecule has 2 aliphatic heterocycles. The first-order chi connectivity index (χ1) is 11.4. The second-order valence-corrected chi connectivity index (χ2v) is 5.91. The molecule has 9 nitrogen and oxygen atoms in total. The molecular formula is C15H16N2O7. The fourth-order valence-corrected chi connectivity index (χ4v) is 3.26. The number of ether oxygens (including phenoxy) is 2. The van der Waals surface area contributed by atoms with E-state index in [0.29, 0.717) is 12.0 Å². The van der Waals surface area contributed by atoms with Crippen LogP contribution in [0.1, 0.15) is 12.0 Å². The van der Waals surface area contributed by atoms with E-state index in [9.17, 15) is 19.7 Å². The maximum absolute atomic E-state index is 12.0. The lowest BCUT2D eigenvalue weighted by atomic mass is 9.72. The lowest BCUT2D eigenvalue weighted by Crippen LogP contribution is -2.68. The van der Waals surface area contributed by atoms with Crippen molar-refractivity contribution in [3.8, 4) is 0 Å². The Balaban J connectivity index is 1.85. The van der Waals surface area contributed by atoms with Gasteiger partial charge in [-0.2, -0.15) is 0 Å². The van der Waals surface area contributed by atoms with Gasteiger partial charge in [0.2, 0.25) is 5.91 Å². The van der Waals surface area contributed by atoms with Crippen molar-refractivity contribution >= 4 is 17.7 Å². The van der Waals surface area contributed by atoms with Crippen molar-refractivity contribution in [2.45, 2.75) is 24.5 Å². The van der Waals surface area contributed by atoms with Crippen LogP contribution >= 0.6 is 0 Å². The zero-order valence-corrected chi connectivity index (χ0v) is 12.6. The number of hydrogen-bond acceptors (Lipinski definition) is 7. The molecule has 0 bridgehead atoms. The molecule has 0 aliphatic carbocycles. The summed E-state index contributed by atoms with van der Waals surface area (Å²) in [6.07, 6.45) is -0.313. The van der Waals surface area contributed by atoms with E-state index in [-0.39, 0.29) is 37.3 Å². The summed E-state index contributed by atoms with van der Waals surface area (Å²) in [6.45, 7) is -0.188. The molecule has 0 radical (unpaired) electrons. The Morgan fingerprint density at radius 3 is 2.54 bits per heavy atom. The summed E-state index contributed by atoms with van der Waals surface area (Å²) < 4.78 is 10.3. The molecule has 1 aromatic rings. The third-order valence-electron chi connectivity index (χ3n) is 4.39. The third-order valence-corrected chi connectivity index (χ3v) is 4.39. The quantitative estimate of drug-likeness (QED) is 0.336. The van der Waals surface area contributed by atoms with Crippen LogP contribution in [0.25, 0.3) is 0 Å². The minimum Gasteiger partial charge on any atom is -0.430 e. The van der Waals surface area contributed by atoms with Crippen LogP contribution in [0.15, 0.2) is 24.3 Å². The second-order valence-electron chi connectivity index (χ2n) is 5.91. The van der Waals surface area contributed by atoms with Gasteiger partial charge in [0.1, 0.15) is 12.5 Å². The van der Waals surface area contributed by atoms with Crippen LogP contribution in [0, 0.1) is 16.0 Å². The van der Waals surface area contributed by atoms with Crippen LogP contribution in [-0.2, 0) is 20.7 Å². The maximum Gasteiger partial charge on any atom is 0.509 e. The Bertz CT molecular complexity index is 675. The number of nitrogens with one attached hydrogen (secondary N) is 1. The molecule has 2 N–H and O–H groups in total. The van der Waals surface area contributed by atoms with Crippen molar-refractivity contribution in [3.63, 3.8) is 0 Å². The molecule has 3 rings (SSSR count). The first-order valence-electron chi connectivity index (χ1n) is 7.45. The number of rotatable bonds is 6. The topological polar surface area (TPSA) is 128 Å². The minimum atomic E-state index is -1.17. The second kappa shape index (κ2) is 6.08. The molecule has 0 saturated carbocycles. The number of non-ortho nitro benzene ring substituents is 1. The van der Waals surface area contributed by atoms with Crippen LogP contribution in [0.4, 0.5) is 10.5 Å². The highest BCUT2D eigenvalue weighted by atomic mass is 16.8. The molecule has 2 heterocycles. The highest BCUT2D eigenvalue weighted by molar-refractivity contribution is 5.88. The maximum atomic E-state index is 12.0. The van der Waals surface area contributed by atoms with E-state index in [4.69, 9.17) is 14.6 Å². The lowest BCUT2D eigenvalue weighted by molar-refractivity contribution is -0.384. The number of nitro benzene ring substituents is 1. The van der Waals surface area contributed by atoms with Gasteiger partial charge in [0, 0.05) is 31.2 Å². The summed E-state index contributed by atoms with van der Waals surface area (Å²) >= 11 is 0. The average Bonchev–Trinajstić information content (AvgIpc) is 2.88. The van der Waals surface area contributed by atoms with Crippen molar-refractivity contribution < 1.29 is 29.1 Å². The Morgan fingerprint density at radius 1 is 1.33 bits per heavy atom. The van der Waals surface area contributed by atoms with Crippen LogP contribution in [0.2, 0.25) is 0 Å². The van der Waals surface area contributed by atoms with Gasteiger partial charge in [-0.05, 0) is 12.0 Å². The molecular weight excluding hydrogens is 320 g/mol. The Morgan fingerprint density at radius 2 is 2.04 bits per heavy atom. The van der Waals surface area contributed by atoms with Crippen molar-refractivity contribution in [2.75, 3.05) is 13.2 Å². The summed E-state index contributed by atoms with van der Waals surface area (Å²) in [6, 6.07) is 5.52. The minimum absolute atomic E-state index is 0.0491. The molecule has 0 spiro atoms. The number of amides is 1.